The first-order valence-electron chi connectivity index (χ1n) is 4.09. The fourth-order valence-corrected chi connectivity index (χ4v) is 0.926. The molecule has 0 atom stereocenters. The van der Waals surface area contributed by atoms with Crippen molar-refractivity contribution in [1.29, 1.82) is 0 Å². The molecule has 13 heavy (non-hydrogen) atoms. The highest BCUT2D eigenvalue weighted by Crippen LogP contribution is 2.05. The zero-order valence-corrected chi connectivity index (χ0v) is 7.96. The summed E-state index contributed by atoms with van der Waals surface area (Å²) in [5.41, 5.74) is 7.61. The van der Waals surface area contributed by atoms with Crippen molar-refractivity contribution in [2.75, 3.05) is 6.54 Å². The lowest BCUT2D eigenvalue weighted by Crippen LogP contribution is -2.07. The van der Waals surface area contributed by atoms with Gasteiger partial charge in [0, 0.05) is 12.7 Å². The molecule has 3 nitrogen and oxygen atoms in total. The molecule has 0 amide bonds. The van der Waals surface area contributed by atoms with E-state index in [4.69, 9.17) is 5.73 Å². The van der Waals surface area contributed by atoms with Crippen molar-refractivity contribution in [3.8, 4) is 0 Å². The van der Waals surface area contributed by atoms with Crippen molar-refractivity contribution in [1.82, 2.24) is 11.5 Å². The molecule has 0 spiro atoms. The van der Waals surface area contributed by atoms with Crippen molar-refractivity contribution < 1.29 is 0 Å². The first-order valence-corrected chi connectivity index (χ1v) is 4.09. The molecule has 0 bridgehead atoms. The molecule has 0 aliphatic rings. The smallest absolute Gasteiger partial charge is 0.0547 e. The monoisotopic (exact) mass is 179 g/mol. The van der Waals surface area contributed by atoms with Crippen LogP contribution in [0.2, 0.25) is 0 Å². The van der Waals surface area contributed by atoms with Gasteiger partial charge in [-0.25, -0.2) is 0 Å². The first-order chi connectivity index (χ1) is 5.84. The van der Waals surface area contributed by atoms with Gasteiger partial charge in [0.15, 0.2) is 0 Å². The summed E-state index contributed by atoms with van der Waals surface area (Å²) in [6.45, 7) is 2.93. The predicted molar refractivity (Wildman–Crippen MR) is 57.3 cm³/mol. The third-order valence-electron chi connectivity index (χ3n) is 1.57. The molecule has 0 aromatic heterocycles. The fourth-order valence-electron chi connectivity index (χ4n) is 0.926. The van der Waals surface area contributed by atoms with Gasteiger partial charge in [-0.3, -0.25) is 0 Å². The fraction of sp³-hybridized carbons (Fsp3) is 0.200. The van der Waals surface area contributed by atoms with Gasteiger partial charge in [0.1, 0.15) is 0 Å². The number of hydrogen-bond donors (Lipinski definition) is 3. The number of rotatable bonds is 3. The van der Waals surface area contributed by atoms with Crippen LogP contribution in [0.5, 0.6) is 0 Å². The van der Waals surface area contributed by atoms with E-state index >= 15 is 0 Å². The Morgan fingerprint density at radius 3 is 2.54 bits per heavy atom. The molecule has 0 saturated carbocycles. The summed E-state index contributed by atoms with van der Waals surface area (Å²) in [6, 6.07) is 9.90. The van der Waals surface area contributed by atoms with Crippen LogP contribution in [0.4, 0.5) is 0 Å². The molecule has 0 fully saturated rings. The quantitative estimate of drug-likeness (QED) is 0.661. The second-order valence-electron chi connectivity index (χ2n) is 2.52. The van der Waals surface area contributed by atoms with Crippen LogP contribution in [0.1, 0.15) is 12.5 Å². The molecule has 6 N–H and O–H groups in total. The third kappa shape index (κ3) is 3.62. The molecule has 72 valence electrons. The van der Waals surface area contributed by atoms with E-state index in [-0.39, 0.29) is 6.15 Å². The molecular formula is C10H17N3. The van der Waals surface area contributed by atoms with E-state index in [0.29, 0.717) is 0 Å². The molecule has 0 aliphatic carbocycles. The summed E-state index contributed by atoms with van der Waals surface area (Å²) >= 11 is 0. The van der Waals surface area contributed by atoms with Crippen LogP contribution in [0.3, 0.4) is 0 Å². The molecule has 0 aliphatic heterocycles. The third-order valence-corrected chi connectivity index (χ3v) is 1.57. The minimum atomic E-state index is 0. The lowest BCUT2D eigenvalue weighted by atomic mass is 10.2. The Kier molecular flexibility index (Phi) is 5.39. The lowest BCUT2D eigenvalue weighted by molar-refractivity contribution is 0.919. The average Bonchev–Trinajstić information content (AvgIpc) is 2.15. The van der Waals surface area contributed by atoms with Crippen LogP contribution in [0.25, 0.3) is 5.70 Å². The molecule has 0 unspecified atom stereocenters. The topological polar surface area (TPSA) is 73.0 Å². The standard InChI is InChI=1S/C10H14N2.H3N/c1-2-12-8-10(11)9-6-4-3-5-7-9;/h3-8,12H,2,11H2,1H3;1H3/b10-8-;. The lowest BCUT2D eigenvalue weighted by Gasteiger charge is -2.01. The van der Waals surface area contributed by atoms with E-state index in [2.05, 4.69) is 5.32 Å². The van der Waals surface area contributed by atoms with E-state index in [1.165, 1.54) is 0 Å². The maximum atomic E-state index is 5.78. The van der Waals surface area contributed by atoms with Crippen LogP contribution in [0, 0.1) is 0 Å². The number of benzene rings is 1. The van der Waals surface area contributed by atoms with Crippen molar-refractivity contribution in [2.24, 2.45) is 5.73 Å². The van der Waals surface area contributed by atoms with E-state index in [1.54, 1.807) is 0 Å². The Bertz CT molecular complexity index is 254. The van der Waals surface area contributed by atoms with Crippen molar-refractivity contribution in [3.05, 3.63) is 42.1 Å². The molecule has 0 radical (unpaired) electrons. The number of hydrogen-bond acceptors (Lipinski definition) is 3. The summed E-state index contributed by atoms with van der Waals surface area (Å²) in [5, 5.41) is 3.06. The van der Waals surface area contributed by atoms with E-state index in [9.17, 15) is 0 Å². The summed E-state index contributed by atoms with van der Waals surface area (Å²) in [7, 11) is 0. The van der Waals surface area contributed by atoms with Crippen LogP contribution in [-0.4, -0.2) is 6.54 Å². The summed E-state index contributed by atoms with van der Waals surface area (Å²) < 4.78 is 0. The minimum absolute atomic E-state index is 0. The van der Waals surface area contributed by atoms with E-state index in [0.717, 1.165) is 17.8 Å². The zero-order chi connectivity index (χ0) is 8.81. The maximum Gasteiger partial charge on any atom is 0.0547 e. The molecule has 3 heteroatoms. The average molecular weight is 179 g/mol. The largest absolute Gasteiger partial charge is 0.397 e. The highest BCUT2D eigenvalue weighted by atomic mass is 14.8. The summed E-state index contributed by atoms with van der Waals surface area (Å²) in [5.74, 6) is 0. The van der Waals surface area contributed by atoms with Gasteiger partial charge in [-0.2, -0.15) is 0 Å². The number of nitrogens with one attached hydrogen (secondary N) is 1. The van der Waals surface area contributed by atoms with Gasteiger partial charge in [-0.05, 0) is 12.5 Å². The van der Waals surface area contributed by atoms with Crippen LogP contribution >= 0.6 is 0 Å². The molecule has 1 aromatic carbocycles. The Balaban J connectivity index is 0.00000144. The normalized spacial score (nSPS) is 10.4. The SMILES string of the molecule is CCN/C=C(\N)c1ccccc1.N. The van der Waals surface area contributed by atoms with Gasteiger partial charge in [0.25, 0.3) is 0 Å². The second-order valence-corrected chi connectivity index (χ2v) is 2.52. The van der Waals surface area contributed by atoms with E-state index in [1.807, 2.05) is 43.5 Å². The summed E-state index contributed by atoms with van der Waals surface area (Å²) in [6.07, 6.45) is 1.83. The van der Waals surface area contributed by atoms with Crippen LogP contribution in [-0.2, 0) is 0 Å². The van der Waals surface area contributed by atoms with Crippen molar-refractivity contribution >= 4 is 5.70 Å². The second kappa shape index (κ2) is 6.08. The van der Waals surface area contributed by atoms with Crippen molar-refractivity contribution in [3.63, 3.8) is 0 Å². The highest BCUT2D eigenvalue weighted by molar-refractivity contribution is 5.61. The van der Waals surface area contributed by atoms with Gasteiger partial charge >= 0.3 is 0 Å². The Hall–Kier alpha value is -1.48. The minimum Gasteiger partial charge on any atom is -0.397 e. The molecule has 0 heterocycles. The van der Waals surface area contributed by atoms with Gasteiger partial charge < -0.3 is 17.2 Å². The number of nitrogens with two attached hydrogens (primary N) is 1. The Labute approximate surface area is 79.2 Å². The van der Waals surface area contributed by atoms with Gasteiger partial charge in [-0.1, -0.05) is 30.3 Å². The van der Waals surface area contributed by atoms with Gasteiger partial charge in [0.2, 0.25) is 0 Å². The van der Waals surface area contributed by atoms with Crippen LogP contribution < -0.4 is 17.2 Å². The first kappa shape index (κ1) is 11.5. The predicted octanol–water partition coefficient (Wildman–Crippen LogP) is 1.72. The zero-order valence-electron chi connectivity index (χ0n) is 7.96. The summed E-state index contributed by atoms with van der Waals surface area (Å²) in [4.78, 5) is 0. The highest BCUT2D eigenvalue weighted by Gasteiger charge is 1.91. The molecule has 1 rings (SSSR count). The van der Waals surface area contributed by atoms with Crippen LogP contribution in [0.15, 0.2) is 36.5 Å². The Morgan fingerprint density at radius 2 is 2.00 bits per heavy atom. The van der Waals surface area contributed by atoms with Gasteiger partial charge in [-0.15, -0.1) is 0 Å². The van der Waals surface area contributed by atoms with Crippen molar-refractivity contribution in [2.45, 2.75) is 6.92 Å². The Morgan fingerprint density at radius 1 is 1.38 bits per heavy atom. The van der Waals surface area contributed by atoms with Gasteiger partial charge in [0.05, 0.1) is 5.70 Å². The maximum absolute atomic E-state index is 5.78. The molecule has 0 saturated heterocycles. The molecule has 1 aromatic rings. The van der Waals surface area contributed by atoms with E-state index < -0.39 is 0 Å². The molecular weight excluding hydrogens is 162 g/mol.